The van der Waals surface area contributed by atoms with Crippen molar-refractivity contribution >= 4 is 11.9 Å². The molecule has 6 nitrogen and oxygen atoms in total. The predicted molar refractivity (Wildman–Crippen MR) is 63.9 cm³/mol. The van der Waals surface area contributed by atoms with Gasteiger partial charge in [0.2, 0.25) is 5.91 Å². The molecule has 1 amide bonds. The molecule has 2 saturated heterocycles. The molecular weight excluding hydrogens is 236 g/mol. The Bertz CT molecular complexity index is 334. The topological polar surface area (TPSA) is 76.7 Å². The van der Waals surface area contributed by atoms with E-state index >= 15 is 0 Å². The number of methoxy groups -OCH3 is 1. The Morgan fingerprint density at radius 2 is 2.22 bits per heavy atom. The lowest BCUT2D eigenvalue weighted by atomic mass is 9.95. The average Bonchev–Trinajstić information content (AvgIpc) is 2.95. The summed E-state index contributed by atoms with van der Waals surface area (Å²) in [6.45, 7) is 1.76. The quantitative estimate of drug-likeness (QED) is 0.653. The van der Waals surface area contributed by atoms with E-state index in [0.717, 1.165) is 19.3 Å². The van der Waals surface area contributed by atoms with Gasteiger partial charge in [-0.3, -0.25) is 4.79 Å². The third kappa shape index (κ3) is 3.00. The van der Waals surface area contributed by atoms with Gasteiger partial charge in [-0.25, -0.2) is 4.79 Å². The molecule has 0 radical (unpaired) electrons. The zero-order chi connectivity index (χ0) is 13.1. The minimum Gasteiger partial charge on any atom is -0.467 e. The van der Waals surface area contributed by atoms with Crippen LogP contribution in [0.5, 0.6) is 0 Å². The Kier molecular flexibility index (Phi) is 4.19. The summed E-state index contributed by atoms with van der Waals surface area (Å²) >= 11 is 0. The van der Waals surface area contributed by atoms with E-state index in [9.17, 15) is 9.59 Å². The molecule has 4 atom stereocenters. The zero-order valence-electron chi connectivity index (χ0n) is 10.8. The van der Waals surface area contributed by atoms with Gasteiger partial charge in [0.1, 0.15) is 6.04 Å². The number of carbonyl (C=O) groups excluding carboxylic acids is 2. The summed E-state index contributed by atoms with van der Waals surface area (Å²) < 4.78 is 10.4. The fraction of sp³-hybridized carbons (Fsp3) is 0.833. The van der Waals surface area contributed by atoms with Gasteiger partial charge in [-0.2, -0.15) is 0 Å². The number of carbonyl (C=O) groups is 2. The van der Waals surface area contributed by atoms with Gasteiger partial charge in [0, 0.05) is 19.5 Å². The van der Waals surface area contributed by atoms with Gasteiger partial charge in [-0.1, -0.05) is 0 Å². The highest BCUT2D eigenvalue weighted by Gasteiger charge is 2.40. The number of nitrogens with one attached hydrogen (secondary N) is 2. The van der Waals surface area contributed by atoms with E-state index in [1.54, 1.807) is 0 Å². The summed E-state index contributed by atoms with van der Waals surface area (Å²) in [4.78, 5) is 22.5. The lowest BCUT2D eigenvalue weighted by molar-refractivity contribution is -0.144. The fourth-order valence-corrected chi connectivity index (χ4v) is 2.70. The highest BCUT2D eigenvalue weighted by molar-refractivity contribution is 5.83. The Morgan fingerprint density at radius 3 is 2.72 bits per heavy atom. The van der Waals surface area contributed by atoms with Crippen LogP contribution in [-0.4, -0.2) is 49.8 Å². The monoisotopic (exact) mass is 256 g/mol. The number of esters is 1. The maximum atomic E-state index is 11.5. The van der Waals surface area contributed by atoms with Crippen LogP contribution in [-0.2, 0) is 19.1 Å². The molecule has 2 rings (SSSR count). The molecular formula is C12H20N2O4. The van der Waals surface area contributed by atoms with E-state index < -0.39 is 12.0 Å². The molecule has 0 aliphatic carbocycles. The van der Waals surface area contributed by atoms with Crippen LogP contribution in [0.25, 0.3) is 0 Å². The third-order valence-corrected chi connectivity index (χ3v) is 3.55. The minimum atomic E-state index is -0.633. The number of hydrogen-bond acceptors (Lipinski definition) is 5. The first-order valence-corrected chi connectivity index (χ1v) is 6.34. The number of rotatable bonds is 5. The van der Waals surface area contributed by atoms with Crippen LogP contribution in [0.1, 0.15) is 26.2 Å². The summed E-state index contributed by atoms with van der Waals surface area (Å²) in [5.41, 5.74) is 0. The van der Waals surface area contributed by atoms with Crippen LogP contribution in [0, 0.1) is 0 Å². The van der Waals surface area contributed by atoms with Crippen molar-refractivity contribution in [2.75, 3.05) is 13.7 Å². The van der Waals surface area contributed by atoms with Gasteiger partial charge in [0.15, 0.2) is 0 Å². The summed E-state index contributed by atoms with van der Waals surface area (Å²) in [7, 11) is 1.32. The summed E-state index contributed by atoms with van der Waals surface area (Å²) in [5.74, 6) is -0.668. The summed E-state index contributed by atoms with van der Waals surface area (Å²) in [5, 5.41) is 5.87. The number of fused-ring (bicyclic) bond motifs is 2. The molecule has 0 spiro atoms. The van der Waals surface area contributed by atoms with Crippen LogP contribution in [0.4, 0.5) is 0 Å². The van der Waals surface area contributed by atoms with Gasteiger partial charge in [-0.15, -0.1) is 0 Å². The molecule has 102 valence electrons. The molecule has 2 aliphatic heterocycles. The Labute approximate surface area is 106 Å². The van der Waals surface area contributed by atoms with Gasteiger partial charge in [-0.05, 0) is 19.3 Å². The first-order chi connectivity index (χ1) is 8.60. The molecule has 0 aromatic rings. The van der Waals surface area contributed by atoms with Crippen LogP contribution >= 0.6 is 0 Å². The Morgan fingerprint density at radius 1 is 1.44 bits per heavy atom. The van der Waals surface area contributed by atoms with Gasteiger partial charge in [0.25, 0.3) is 0 Å². The van der Waals surface area contributed by atoms with Crippen molar-refractivity contribution < 1.29 is 19.1 Å². The summed E-state index contributed by atoms with van der Waals surface area (Å²) in [6, 6.07) is -0.351. The van der Waals surface area contributed by atoms with Crippen molar-refractivity contribution in [2.24, 2.45) is 0 Å². The van der Waals surface area contributed by atoms with E-state index in [1.807, 2.05) is 0 Å². The molecule has 2 fully saturated rings. The molecule has 4 unspecified atom stereocenters. The van der Waals surface area contributed by atoms with Crippen molar-refractivity contribution in [2.45, 2.75) is 50.5 Å². The van der Waals surface area contributed by atoms with Gasteiger partial charge in [0.05, 0.1) is 19.3 Å². The van der Waals surface area contributed by atoms with Crippen molar-refractivity contribution in [3.63, 3.8) is 0 Å². The Balaban J connectivity index is 1.81. The third-order valence-electron chi connectivity index (χ3n) is 3.55. The van der Waals surface area contributed by atoms with Gasteiger partial charge < -0.3 is 20.1 Å². The molecule has 2 bridgehead atoms. The van der Waals surface area contributed by atoms with Crippen molar-refractivity contribution in [3.8, 4) is 0 Å². The maximum absolute atomic E-state index is 11.5. The van der Waals surface area contributed by atoms with Gasteiger partial charge >= 0.3 is 5.97 Å². The van der Waals surface area contributed by atoms with Crippen molar-refractivity contribution in [1.29, 1.82) is 0 Å². The number of amides is 1. The molecule has 2 heterocycles. The first-order valence-electron chi connectivity index (χ1n) is 6.34. The van der Waals surface area contributed by atoms with E-state index in [-0.39, 0.29) is 18.1 Å². The summed E-state index contributed by atoms with van der Waals surface area (Å²) in [6.07, 6.45) is 3.81. The average molecular weight is 256 g/mol. The normalized spacial score (nSPS) is 31.1. The molecule has 18 heavy (non-hydrogen) atoms. The molecule has 2 N–H and O–H groups in total. The second-order valence-electron chi connectivity index (χ2n) is 4.90. The predicted octanol–water partition coefficient (Wildman–Crippen LogP) is -0.426. The van der Waals surface area contributed by atoms with Crippen LogP contribution in [0.3, 0.4) is 0 Å². The zero-order valence-corrected chi connectivity index (χ0v) is 10.8. The van der Waals surface area contributed by atoms with E-state index in [2.05, 4.69) is 15.4 Å². The Hall–Kier alpha value is -1.14. The molecule has 2 aliphatic rings. The lowest BCUT2D eigenvalue weighted by Gasteiger charge is -2.23. The van der Waals surface area contributed by atoms with Crippen molar-refractivity contribution in [3.05, 3.63) is 0 Å². The van der Waals surface area contributed by atoms with Crippen LogP contribution in [0.15, 0.2) is 0 Å². The molecule has 0 aromatic carbocycles. The minimum absolute atomic E-state index is 0.239. The second-order valence-corrected chi connectivity index (χ2v) is 4.90. The highest BCUT2D eigenvalue weighted by Crippen LogP contribution is 2.34. The standard InChI is InChI=1S/C12H20N2O4/c1-7(15)14-10(12(16)17-2)6-13-9-5-8-3-4-11(9)18-8/h8-11,13H,3-6H2,1-2H3,(H,14,15). The molecule has 6 heteroatoms. The number of ether oxygens (including phenoxy) is 2. The largest absolute Gasteiger partial charge is 0.467 e. The van der Waals surface area contributed by atoms with Crippen LogP contribution < -0.4 is 10.6 Å². The number of hydrogen-bond donors (Lipinski definition) is 2. The van der Waals surface area contributed by atoms with E-state index in [1.165, 1.54) is 14.0 Å². The molecule has 0 aromatic heterocycles. The smallest absolute Gasteiger partial charge is 0.329 e. The van der Waals surface area contributed by atoms with E-state index in [0.29, 0.717) is 12.6 Å². The maximum Gasteiger partial charge on any atom is 0.329 e. The van der Waals surface area contributed by atoms with Crippen LogP contribution in [0.2, 0.25) is 0 Å². The second kappa shape index (κ2) is 5.67. The molecule has 0 saturated carbocycles. The van der Waals surface area contributed by atoms with E-state index in [4.69, 9.17) is 4.74 Å². The SMILES string of the molecule is COC(=O)C(CNC1CC2CCC1O2)NC(C)=O. The fourth-order valence-electron chi connectivity index (χ4n) is 2.70. The highest BCUT2D eigenvalue weighted by atomic mass is 16.5. The van der Waals surface area contributed by atoms with Crippen molar-refractivity contribution in [1.82, 2.24) is 10.6 Å². The first kappa shape index (κ1) is 13.3. The lowest BCUT2D eigenvalue weighted by Crippen LogP contribution is -2.50.